The predicted molar refractivity (Wildman–Crippen MR) is 72.9 cm³/mol. The maximum Gasteiger partial charge on any atom is 0.333 e. The standard InChI is InChI=1S/C15H26O2/c1-4-5-6-7-8-9-10-11-12-13-17-15(16)14(2)3/h7-8H,2,4-6,9-13H2,1,3H3/b8-7+. The highest BCUT2D eigenvalue weighted by molar-refractivity contribution is 5.86. The van der Waals surface area contributed by atoms with Gasteiger partial charge in [-0.3, -0.25) is 0 Å². The molecule has 0 N–H and O–H groups in total. The van der Waals surface area contributed by atoms with E-state index in [4.69, 9.17) is 4.74 Å². The molecule has 0 aliphatic rings. The van der Waals surface area contributed by atoms with Gasteiger partial charge in [0.2, 0.25) is 0 Å². The lowest BCUT2D eigenvalue weighted by Gasteiger charge is -2.03. The lowest BCUT2D eigenvalue weighted by Crippen LogP contribution is -2.05. The van der Waals surface area contributed by atoms with Gasteiger partial charge >= 0.3 is 5.97 Å². The predicted octanol–water partition coefficient (Wildman–Crippen LogP) is 4.41. The maximum absolute atomic E-state index is 11.0. The van der Waals surface area contributed by atoms with Crippen LogP contribution in [0.4, 0.5) is 0 Å². The van der Waals surface area contributed by atoms with Gasteiger partial charge in [-0.05, 0) is 39.0 Å². The zero-order chi connectivity index (χ0) is 12.9. The summed E-state index contributed by atoms with van der Waals surface area (Å²) in [4.78, 5) is 11.0. The minimum Gasteiger partial charge on any atom is -0.462 e. The molecule has 0 amide bonds. The molecule has 0 heterocycles. The Balaban J connectivity index is 3.21. The Morgan fingerprint density at radius 2 is 1.76 bits per heavy atom. The summed E-state index contributed by atoms with van der Waals surface area (Å²) in [6.45, 7) is 7.93. The van der Waals surface area contributed by atoms with E-state index in [0.717, 1.165) is 19.3 Å². The maximum atomic E-state index is 11.0. The van der Waals surface area contributed by atoms with E-state index in [2.05, 4.69) is 25.7 Å². The number of esters is 1. The van der Waals surface area contributed by atoms with Crippen LogP contribution in [0.5, 0.6) is 0 Å². The average molecular weight is 238 g/mol. The molecule has 2 nitrogen and oxygen atoms in total. The first-order valence-electron chi connectivity index (χ1n) is 6.66. The van der Waals surface area contributed by atoms with Gasteiger partial charge in [-0.25, -0.2) is 4.79 Å². The van der Waals surface area contributed by atoms with Crippen molar-refractivity contribution in [3.8, 4) is 0 Å². The molecule has 0 saturated carbocycles. The van der Waals surface area contributed by atoms with E-state index >= 15 is 0 Å². The molecule has 0 unspecified atom stereocenters. The van der Waals surface area contributed by atoms with Crippen LogP contribution >= 0.6 is 0 Å². The summed E-state index contributed by atoms with van der Waals surface area (Å²) in [6, 6.07) is 0. The molecule has 0 bridgehead atoms. The van der Waals surface area contributed by atoms with Gasteiger partial charge in [0.15, 0.2) is 0 Å². The average Bonchev–Trinajstić information content (AvgIpc) is 2.31. The molecule has 0 aromatic heterocycles. The zero-order valence-corrected chi connectivity index (χ0v) is 11.3. The van der Waals surface area contributed by atoms with Gasteiger partial charge in [-0.15, -0.1) is 0 Å². The molecule has 17 heavy (non-hydrogen) atoms. The van der Waals surface area contributed by atoms with Gasteiger partial charge in [0.05, 0.1) is 6.61 Å². The van der Waals surface area contributed by atoms with Gasteiger partial charge in [0.1, 0.15) is 0 Å². The van der Waals surface area contributed by atoms with E-state index in [1.165, 1.54) is 25.7 Å². The minimum atomic E-state index is -0.274. The summed E-state index contributed by atoms with van der Waals surface area (Å²) < 4.78 is 5.01. The minimum absolute atomic E-state index is 0.274. The number of hydrogen-bond acceptors (Lipinski definition) is 2. The van der Waals surface area contributed by atoms with Crippen molar-refractivity contribution in [2.45, 2.75) is 58.8 Å². The van der Waals surface area contributed by atoms with E-state index in [1.54, 1.807) is 6.92 Å². The second kappa shape index (κ2) is 11.4. The van der Waals surface area contributed by atoms with Crippen LogP contribution in [0.25, 0.3) is 0 Å². The highest BCUT2D eigenvalue weighted by Crippen LogP contribution is 2.03. The molecule has 0 fully saturated rings. The third-order valence-electron chi connectivity index (χ3n) is 2.49. The van der Waals surface area contributed by atoms with Gasteiger partial charge < -0.3 is 4.74 Å². The first kappa shape index (κ1) is 16.0. The number of allylic oxidation sites excluding steroid dienone is 2. The molecule has 0 aromatic carbocycles. The fourth-order valence-corrected chi connectivity index (χ4v) is 1.39. The Labute approximate surface area is 106 Å². The van der Waals surface area contributed by atoms with Crippen LogP contribution in [0.1, 0.15) is 58.8 Å². The molecular weight excluding hydrogens is 212 g/mol. The van der Waals surface area contributed by atoms with Crippen molar-refractivity contribution in [2.75, 3.05) is 6.61 Å². The zero-order valence-electron chi connectivity index (χ0n) is 11.3. The van der Waals surface area contributed by atoms with Gasteiger partial charge in [0, 0.05) is 5.57 Å². The fraction of sp³-hybridized carbons (Fsp3) is 0.667. The smallest absolute Gasteiger partial charge is 0.333 e. The van der Waals surface area contributed by atoms with Crippen LogP contribution < -0.4 is 0 Å². The Morgan fingerprint density at radius 1 is 1.12 bits per heavy atom. The fourth-order valence-electron chi connectivity index (χ4n) is 1.39. The van der Waals surface area contributed by atoms with Gasteiger partial charge in [-0.1, -0.05) is 38.5 Å². The summed E-state index contributed by atoms with van der Waals surface area (Å²) in [5, 5.41) is 0. The summed E-state index contributed by atoms with van der Waals surface area (Å²) in [6.07, 6.45) is 12.6. The van der Waals surface area contributed by atoms with Crippen molar-refractivity contribution in [3.63, 3.8) is 0 Å². The summed E-state index contributed by atoms with van der Waals surface area (Å²) in [5.41, 5.74) is 0.476. The number of rotatable bonds is 10. The third kappa shape index (κ3) is 11.2. The summed E-state index contributed by atoms with van der Waals surface area (Å²) in [5.74, 6) is -0.274. The van der Waals surface area contributed by atoms with Crippen molar-refractivity contribution in [1.82, 2.24) is 0 Å². The van der Waals surface area contributed by atoms with Crippen molar-refractivity contribution in [3.05, 3.63) is 24.3 Å². The van der Waals surface area contributed by atoms with Crippen LogP contribution in [-0.4, -0.2) is 12.6 Å². The third-order valence-corrected chi connectivity index (χ3v) is 2.49. The van der Waals surface area contributed by atoms with Crippen LogP contribution in [0.15, 0.2) is 24.3 Å². The molecule has 0 aromatic rings. The molecule has 98 valence electrons. The van der Waals surface area contributed by atoms with Crippen LogP contribution in [0.2, 0.25) is 0 Å². The van der Waals surface area contributed by atoms with E-state index in [9.17, 15) is 4.79 Å². The molecule has 0 aliphatic carbocycles. The van der Waals surface area contributed by atoms with E-state index in [1.807, 2.05) is 0 Å². The highest BCUT2D eigenvalue weighted by atomic mass is 16.5. The van der Waals surface area contributed by atoms with Gasteiger partial charge in [0.25, 0.3) is 0 Å². The Morgan fingerprint density at radius 3 is 2.35 bits per heavy atom. The first-order chi connectivity index (χ1) is 8.18. The topological polar surface area (TPSA) is 26.3 Å². The number of carbonyl (C=O) groups excluding carboxylic acids is 1. The Bertz CT molecular complexity index is 241. The van der Waals surface area contributed by atoms with E-state index < -0.39 is 0 Å². The number of unbranched alkanes of at least 4 members (excludes halogenated alkanes) is 5. The molecule has 0 atom stereocenters. The largest absolute Gasteiger partial charge is 0.462 e. The van der Waals surface area contributed by atoms with Crippen molar-refractivity contribution >= 4 is 5.97 Å². The number of ether oxygens (including phenoxy) is 1. The van der Waals surface area contributed by atoms with Gasteiger partial charge in [-0.2, -0.15) is 0 Å². The van der Waals surface area contributed by atoms with Crippen LogP contribution in [0.3, 0.4) is 0 Å². The van der Waals surface area contributed by atoms with E-state index in [-0.39, 0.29) is 5.97 Å². The summed E-state index contributed by atoms with van der Waals surface area (Å²) >= 11 is 0. The summed E-state index contributed by atoms with van der Waals surface area (Å²) in [7, 11) is 0. The molecule has 0 spiro atoms. The van der Waals surface area contributed by atoms with E-state index in [0.29, 0.717) is 12.2 Å². The lowest BCUT2D eigenvalue weighted by atomic mass is 10.1. The lowest BCUT2D eigenvalue weighted by molar-refractivity contribution is -0.139. The monoisotopic (exact) mass is 238 g/mol. The SMILES string of the molecule is C=C(C)C(=O)OCCCCC/C=C/CCCC. The highest BCUT2D eigenvalue weighted by Gasteiger charge is 2.01. The Kier molecular flexibility index (Phi) is 10.7. The quantitative estimate of drug-likeness (QED) is 0.244. The molecule has 0 saturated heterocycles. The molecule has 2 heteroatoms. The Hall–Kier alpha value is -1.05. The number of hydrogen-bond donors (Lipinski definition) is 0. The molecular formula is C15H26O2. The second-order valence-electron chi connectivity index (χ2n) is 4.38. The van der Waals surface area contributed by atoms with Crippen LogP contribution in [0, 0.1) is 0 Å². The number of carbonyl (C=O) groups is 1. The molecule has 0 radical (unpaired) electrons. The first-order valence-corrected chi connectivity index (χ1v) is 6.66. The molecule has 0 aliphatic heterocycles. The van der Waals surface area contributed by atoms with Crippen molar-refractivity contribution in [2.24, 2.45) is 0 Å². The van der Waals surface area contributed by atoms with Crippen molar-refractivity contribution in [1.29, 1.82) is 0 Å². The normalized spacial score (nSPS) is 10.7. The second-order valence-corrected chi connectivity index (χ2v) is 4.38. The van der Waals surface area contributed by atoms with Crippen LogP contribution in [-0.2, 0) is 9.53 Å². The molecule has 0 rings (SSSR count). The van der Waals surface area contributed by atoms with Crippen molar-refractivity contribution < 1.29 is 9.53 Å².